The van der Waals surface area contributed by atoms with Gasteiger partial charge in [-0.15, -0.1) is 0 Å². The number of benzene rings is 1. The minimum atomic E-state index is -0.198. The zero-order valence-electron chi connectivity index (χ0n) is 8.66. The molecule has 2 aromatic heterocycles. The third-order valence-electron chi connectivity index (χ3n) is 2.51. The molecule has 0 unspecified atom stereocenters. The van der Waals surface area contributed by atoms with Gasteiger partial charge in [0.1, 0.15) is 5.82 Å². The number of hydrogen-bond acceptors (Lipinski definition) is 2. The summed E-state index contributed by atoms with van der Waals surface area (Å²) in [5.41, 5.74) is 3.43. The predicted molar refractivity (Wildman–Crippen MR) is 61.2 cm³/mol. The van der Waals surface area contributed by atoms with E-state index >= 15 is 0 Å². The van der Waals surface area contributed by atoms with Gasteiger partial charge in [-0.25, -0.2) is 9.78 Å². The van der Waals surface area contributed by atoms with E-state index in [2.05, 4.69) is 19.9 Å². The van der Waals surface area contributed by atoms with E-state index in [0.29, 0.717) is 0 Å². The van der Waals surface area contributed by atoms with Gasteiger partial charge >= 0.3 is 5.69 Å². The van der Waals surface area contributed by atoms with Gasteiger partial charge < -0.3 is 15.0 Å². The second kappa shape index (κ2) is 3.10. The molecule has 0 aliphatic heterocycles. The standard InChI is InChI=1S/C11H10N4O/c1-6-13-8-3-2-7(4-9(8)14-6)10-5-12-11(16)15-10/h2-5H,1H3,(H,13,14)(H2,12,15,16). The van der Waals surface area contributed by atoms with Gasteiger partial charge in [0, 0.05) is 11.8 Å². The van der Waals surface area contributed by atoms with Gasteiger partial charge in [-0.1, -0.05) is 6.07 Å². The fraction of sp³-hybridized carbons (Fsp3) is 0.0909. The van der Waals surface area contributed by atoms with Crippen molar-refractivity contribution in [3.63, 3.8) is 0 Å². The average molecular weight is 214 g/mol. The van der Waals surface area contributed by atoms with Crippen LogP contribution in [0.15, 0.2) is 29.2 Å². The molecule has 5 nitrogen and oxygen atoms in total. The van der Waals surface area contributed by atoms with Crippen molar-refractivity contribution in [1.82, 2.24) is 19.9 Å². The number of aromatic amines is 3. The number of aryl methyl sites for hydroxylation is 1. The van der Waals surface area contributed by atoms with Crippen LogP contribution in [-0.4, -0.2) is 19.9 Å². The first-order chi connectivity index (χ1) is 7.72. The summed E-state index contributed by atoms with van der Waals surface area (Å²) < 4.78 is 0. The zero-order valence-corrected chi connectivity index (χ0v) is 8.66. The van der Waals surface area contributed by atoms with E-state index in [1.807, 2.05) is 25.1 Å². The Balaban J connectivity index is 2.21. The summed E-state index contributed by atoms with van der Waals surface area (Å²) in [6, 6.07) is 5.83. The minimum absolute atomic E-state index is 0.198. The van der Waals surface area contributed by atoms with E-state index in [-0.39, 0.29) is 5.69 Å². The Kier molecular flexibility index (Phi) is 1.73. The minimum Gasteiger partial charge on any atom is -0.342 e. The molecule has 80 valence electrons. The maximum atomic E-state index is 11.0. The van der Waals surface area contributed by atoms with Crippen LogP contribution in [-0.2, 0) is 0 Å². The lowest BCUT2D eigenvalue weighted by Gasteiger charge is -1.96. The number of hydrogen-bond donors (Lipinski definition) is 3. The first-order valence-corrected chi connectivity index (χ1v) is 4.97. The molecule has 0 spiro atoms. The molecular weight excluding hydrogens is 204 g/mol. The highest BCUT2D eigenvalue weighted by Crippen LogP contribution is 2.20. The lowest BCUT2D eigenvalue weighted by molar-refractivity contribution is 1.17. The van der Waals surface area contributed by atoms with Crippen LogP contribution in [0.1, 0.15) is 5.82 Å². The number of H-pyrrole nitrogens is 3. The Morgan fingerprint density at radius 3 is 2.88 bits per heavy atom. The van der Waals surface area contributed by atoms with Gasteiger partial charge in [-0.2, -0.15) is 0 Å². The highest BCUT2D eigenvalue weighted by molar-refractivity contribution is 5.80. The van der Waals surface area contributed by atoms with Crippen molar-refractivity contribution in [2.75, 3.05) is 0 Å². The van der Waals surface area contributed by atoms with Crippen LogP contribution >= 0.6 is 0 Å². The van der Waals surface area contributed by atoms with Crippen LogP contribution < -0.4 is 5.69 Å². The summed E-state index contributed by atoms with van der Waals surface area (Å²) in [7, 11) is 0. The Hall–Kier alpha value is -2.30. The van der Waals surface area contributed by atoms with Crippen LogP contribution in [0.3, 0.4) is 0 Å². The molecule has 3 N–H and O–H groups in total. The van der Waals surface area contributed by atoms with Crippen molar-refractivity contribution in [2.24, 2.45) is 0 Å². The summed E-state index contributed by atoms with van der Waals surface area (Å²) in [6.45, 7) is 1.91. The molecule has 0 aliphatic rings. The molecule has 0 amide bonds. The van der Waals surface area contributed by atoms with Crippen LogP contribution in [0.25, 0.3) is 22.3 Å². The molecule has 0 fully saturated rings. The molecule has 0 saturated heterocycles. The summed E-state index contributed by atoms with van der Waals surface area (Å²) >= 11 is 0. The van der Waals surface area contributed by atoms with Crippen LogP contribution in [0.2, 0.25) is 0 Å². The van der Waals surface area contributed by atoms with Crippen LogP contribution in [0.4, 0.5) is 0 Å². The monoisotopic (exact) mass is 214 g/mol. The molecule has 1 aromatic carbocycles. The third-order valence-corrected chi connectivity index (χ3v) is 2.51. The fourth-order valence-corrected chi connectivity index (χ4v) is 1.79. The molecule has 5 heteroatoms. The number of nitrogens with zero attached hydrogens (tertiary/aromatic N) is 1. The number of fused-ring (bicyclic) bond motifs is 1. The van der Waals surface area contributed by atoms with Crippen LogP contribution in [0, 0.1) is 6.92 Å². The lowest BCUT2D eigenvalue weighted by atomic mass is 10.1. The smallest absolute Gasteiger partial charge is 0.323 e. The normalized spacial score (nSPS) is 11.1. The lowest BCUT2D eigenvalue weighted by Crippen LogP contribution is -1.99. The van der Waals surface area contributed by atoms with Crippen molar-refractivity contribution < 1.29 is 0 Å². The van der Waals surface area contributed by atoms with Crippen LogP contribution in [0.5, 0.6) is 0 Å². The molecule has 0 radical (unpaired) electrons. The summed E-state index contributed by atoms with van der Waals surface area (Å²) in [5, 5.41) is 0. The van der Waals surface area contributed by atoms with E-state index < -0.39 is 0 Å². The SMILES string of the molecule is Cc1nc2ccc(-c3c[nH]c(=O)[nH]3)cc2[nH]1. The molecule has 16 heavy (non-hydrogen) atoms. The number of aromatic nitrogens is 4. The summed E-state index contributed by atoms with van der Waals surface area (Å²) in [4.78, 5) is 23.8. The van der Waals surface area contributed by atoms with E-state index in [1.54, 1.807) is 6.20 Å². The zero-order chi connectivity index (χ0) is 11.1. The van der Waals surface area contributed by atoms with Crippen molar-refractivity contribution in [1.29, 1.82) is 0 Å². The Morgan fingerprint density at radius 1 is 1.25 bits per heavy atom. The molecule has 0 bridgehead atoms. The Labute approximate surface area is 90.6 Å². The largest absolute Gasteiger partial charge is 0.342 e. The maximum absolute atomic E-state index is 11.0. The molecule has 0 saturated carbocycles. The second-order valence-electron chi connectivity index (χ2n) is 3.71. The molecule has 2 heterocycles. The topological polar surface area (TPSA) is 77.3 Å². The average Bonchev–Trinajstić information content (AvgIpc) is 2.81. The fourth-order valence-electron chi connectivity index (χ4n) is 1.79. The maximum Gasteiger partial charge on any atom is 0.323 e. The summed E-state index contributed by atoms with van der Waals surface area (Å²) in [5.74, 6) is 0.884. The van der Waals surface area contributed by atoms with Crippen molar-refractivity contribution in [2.45, 2.75) is 6.92 Å². The van der Waals surface area contributed by atoms with Crippen molar-refractivity contribution in [3.8, 4) is 11.3 Å². The van der Waals surface area contributed by atoms with Gasteiger partial charge in [-0.05, 0) is 19.1 Å². The first kappa shape index (κ1) is 8.96. The highest BCUT2D eigenvalue weighted by atomic mass is 16.1. The molecule has 3 aromatic rings. The van der Waals surface area contributed by atoms with E-state index in [4.69, 9.17) is 0 Å². The number of rotatable bonds is 1. The highest BCUT2D eigenvalue weighted by Gasteiger charge is 2.04. The van der Waals surface area contributed by atoms with Gasteiger partial charge in [-0.3, -0.25) is 0 Å². The molecule has 3 rings (SSSR count). The quantitative estimate of drug-likeness (QED) is 0.574. The predicted octanol–water partition coefficient (Wildman–Crippen LogP) is 1.55. The van der Waals surface area contributed by atoms with Crippen molar-refractivity contribution >= 4 is 11.0 Å². The number of imidazole rings is 2. The Morgan fingerprint density at radius 2 is 2.12 bits per heavy atom. The van der Waals surface area contributed by atoms with E-state index in [1.165, 1.54) is 0 Å². The number of nitrogens with one attached hydrogen (secondary N) is 3. The van der Waals surface area contributed by atoms with Gasteiger partial charge in [0.15, 0.2) is 0 Å². The molecule has 0 aliphatic carbocycles. The van der Waals surface area contributed by atoms with Gasteiger partial charge in [0.25, 0.3) is 0 Å². The van der Waals surface area contributed by atoms with E-state index in [0.717, 1.165) is 28.1 Å². The van der Waals surface area contributed by atoms with Gasteiger partial charge in [0.2, 0.25) is 0 Å². The first-order valence-electron chi connectivity index (χ1n) is 4.97. The summed E-state index contributed by atoms with van der Waals surface area (Å²) in [6.07, 6.45) is 1.66. The van der Waals surface area contributed by atoms with Crippen molar-refractivity contribution in [3.05, 3.63) is 40.7 Å². The van der Waals surface area contributed by atoms with Gasteiger partial charge in [0.05, 0.1) is 16.7 Å². The Bertz CT molecular complexity index is 704. The third kappa shape index (κ3) is 1.33. The van der Waals surface area contributed by atoms with E-state index in [9.17, 15) is 4.79 Å². The molecule has 0 atom stereocenters. The molecular formula is C11H10N4O. The second-order valence-corrected chi connectivity index (χ2v) is 3.71.